The minimum atomic E-state index is 0.194. The van der Waals surface area contributed by atoms with Gasteiger partial charge in [-0.05, 0) is 87.0 Å². The predicted octanol–water partition coefficient (Wildman–Crippen LogP) is 9.18. The highest BCUT2D eigenvalue weighted by molar-refractivity contribution is 6.21. The molecule has 0 N–H and O–H groups in total. The van der Waals surface area contributed by atoms with Crippen molar-refractivity contribution >= 4 is 11.6 Å². The van der Waals surface area contributed by atoms with Crippen LogP contribution in [0, 0.1) is 17.3 Å². The van der Waals surface area contributed by atoms with Gasteiger partial charge in [0.25, 0.3) is 0 Å². The molecule has 2 aliphatic carbocycles. The van der Waals surface area contributed by atoms with E-state index in [1.165, 1.54) is 68.9 Å². The zero-order valence-corrected chi connectivity index (χ0v) is 19.7. The third kappa shape index (κ3) is 6.65. The topological polar surface area (TPSA) is 0 Å². The summed E-state index contributed by atoms with van der Waals surface area (Å²) in [6.07, 6.45) is 23.2. The van der Waals surface area contributed by atoms with Crippen LogP contribution in [0.5, 0.6) is 0 Å². The van der Waals surface area contributed by atoms with Crippen molar-refractivity contribution in [2.75, 3.05) is 0 Å². The molecule has 0 aromatic rings. The molecule has 2 unspecified atom stereocenters. The van der Waals surface area contributed by atoms with Gasteiger partial charge in [0.05, 0.1) is 5.38 Å². The second-order valence-electron chi connectivity index (χ2n) is 9.58. The Hall–Kier alpha value is -0.750. The zero-order valence-electron chi connectivity index (χ0n) is 18.9. The molecule has 2 aliphatic rings. The average molecular weight is 403 g/mol. The van der Waals surface area contributed by atoms with Gasteiger partial charge in [-0.15, -0.1) is 11.6 Å². The van der Waals surface area contributed by atoms with Crippen molar-refractivity contribution < 1.29 is 0 Å². The molecule has 0 amide bonds. The maximum absolute atomic E-state index is 6.40. The molecule has 2 saturated carbocycles. The molecule has 0 bridgehead atoms. The Labute approximate surface area is 180 Å². The maximum Gasteiger partial charge on any atom is 0.0516 e. The van der Waals surface area contributed by atoms with Gasteiger partial charge in [-0.1, -0.05) is 76.1 Å². The van der Waals surface area contributed by atoms with Crippen LogP contribution in [0.4, 0.5) is 0 Å². The van der Waals surface area contributed by atoms with Crippen LogP contribution in [0.25, 0.3) is 0 Å². The van der Waals surface area contributed by atoms with E-state index in [2.05, 4.69) is 58.6 Å². The van der Waals surface area contributed by atoms with Crippen LogP contribution in [0.1, 0.15) is 98.3 Å². The molecule has 0 heterocycles. The number of alkyl halides is 1. The van der Waals surface area contributed by atoms with Crippen molar-refractivity contribution in [1.29, 1.82) is 0 Å². The minimum absolute atomic E-state index is 0.194. The molecule has 2 fully saturated rings. The monoisotopic (exact) mass is 402 g/mol. The first-order valence-electron chi connectivity index (χ1n) is 11.8. The lowest BCUT2D eigenvalue weighted by atomic mass is 9.61. The Bertz CT molecular complexity index is 593. The average Bonchev–Trinajstić information content (AvgIpc) is 2.66. The molecule has 0 aromatic carbocycles. The van der Waals surface area contributed by atoms with Crippen LogP contribution in [0.3, 0.4) is 0 Å². The maximum atomic E-state index is 6.40. The molecule has 2 rings (SSSR count). The molecule has 0 saturated heterocycles. The van der Waals surface area contributed by atoms with Gasteiger partial charge in [0.15, 0.2) is 0 Å². The molecule has 0 aliphatic heterocycles. The molecule has 0 spiro atoms. The van der Waals surface area contributed by atoms with Crippen LogP contribution in [0.15, 0.2) is 47.6 Å². The van der Waals surface area contributed by atoms with Crippen molar-refractivity contribution in [3.05, 3.63) is 47.6 Å². The fourth-order valence-electron chi connectivity index (χ4n) is 5.58. The first-order valence-corrected chi connectivity index (χ1v) is 12.2. The van der Waals surface area contributed by atoms with Gasteiger partial charge in [-0.25, -0.2) is 0 Å². The number of halogens is 1. The highest BCUT2D eigenvalue weighted by Crippen LogP contribution is 2.49. The van der Waals surface area contributed by atoms with Crippen molar-refractivity contribution in [2.24, 2.45) is 17.3 Å². The van der Waals surface area contributed by atoms with Gasteiger partial charge >= 0.3 is 0 Å². The third-order valence-electron chi connectivity index (χ3n) is 7.04. The van der Waals surface area contributed by atoms with E-state index in [1.807, 2.05) is 0 Å². The minimum Gasteiger partial charge on any atom is -0.118 e. The van der Waals surface area contributed by atoms with E-state index >= 15 is 0 Å². The lowest BCUT2D eigenvalue weighted by molar-refractivity contribution is 0.130. The van der Waals surface area contributed by atoms with Crippen LogP contribution >= 0.6 is 11.6 Å². The van der Waals surface area contributed by atoms with Gasteiger partial charge in [0, 0.05) is 0 Å². The first-order chi connectivity index (χ1) is 13.4. The summed E-state index contributed by atoms with van der Waals surface area (Å²) in [5.74, 6) is 1.29. The Morgan fingerprint density at radius 1 is 1.11 bits per heavy atom. The van der Waals surface area contributed by atoms with Crippen molar-refractivity contribution in [2.45, 2.75) is 104 Å². The summed E-state index contributed by atoms with van der Waals surface area (Å²) in [4.78, 5) is 0. The van der Waals surface area contributed by atoms with Gasteiger partial charge in [0.2, 0.25) is 0 Å². The zero-order chi connectivity index (χ0) is 20.6. The molecule has 0 aromatic heterocycles. The smallest absolute Gasteiger partial charge is 0.0516 e. The Morgan fingerprint density at radius 3 is 2.54 bits per heavy atom. The molecule has 0 nitrogen and oxygen atoms in total. The molecule has 28 heavy (non-hydrogen) atoms. The van der Waals surface area contributed by atoms with E-state index < -0.39 is 0 Å². The van der Waals surface area contributed by atoms with E-state index in [0.717, 1.165) is 12.8 Å². The fourth-order valence-corrected chi connectivity index (χ4v) is 5.88. The molecule has 1 heteroatoms. The molecule has 0 radical (unpaired) electrons. The molecular formula is C27H43Cl. The summed E-state index contributed by atoms with van der Waals surface area (Å²) < 4.78 is 0. The normalized spacial score (nSPS) is 31.6. The Balaban J connectivity index is 2.10. The van der Waals surface area contributed by atoms with Crippen LogP contribution in [-0.4, -0.2) is 5.38 Å². The van der Waals surface area contributed by atoms with Crippen molar-refractivity contribution in [3.63, 3.8) is 0 Å². The summed E-state index contributed by atoms with van der Waals surface area (Å²) in [5, 5.41) is 0.194. The fraction of sp³-hybridized carbons (Fsp3) is 0.704. The quantitative estimate of drug-likeness (QED) is 0.280. The van der Waals surface area contributed by atoms with E-state index in [4.69, 9.17) is 11.6 Å². The van der Waals surface area contributed by atoms with Crippen LogP contribution in [0.2, 0.25) is 0 Å². The Morgan fingerprint density at radius 2 is 1.86 bits per heavy atom. The lowest BCUT2D eigenvalue weighted by Gasteiger charge is -2.44. The molecule has 158 valence electrons. The third-order valence-corrected chi connectivity index (χ3v) is 7.40. The summed E-state index contributed by atoms with van der Waals surface area (Å²) in [6.45, 7) is 13.8. The summed E-state index contributed by atoms with van der Waals surface area (Å²) >= 11 is 6.40. The highest BCUT2D eigenvalue weighted by Gasteiger charge is 2.38. The van der Waals surface area contributed by atoms with E-state index in [9.17, 15) is 0 Å². The van der Waals surface area contributed by atoms with Crippen LogP contribution < -0.4 is 0 Å². The number of allylic oxidation sites excluding steroid dienone is 7. The van der Waals surface area contributed by atoms with Crippen molar-refractivity contribution in [3.8, 4) is 0 Å². The van der Waals surface area contributed by atoms with Gasteiger partial charge in [0.1, 0.15) is 0 Å². The summed E-state index contributed by atoms with van der Waals surface area (Å²) in [6, 6.07) is 0. The van der Waals surface area contributed by atoms with Gasteiger partial charge < -0.3 is 0 Å². The second-order valence-corrected chi connectivity index (χ2v) is 10.1. The van der Waals surface area contributed by atoms with Crippen LogP contribution in [-0.2, 0) is 0 Å². The van der Waals surface area contributed by atoms with Gasteiger partial charge in [-0.2, -0.15) is 0 Å². The summed E-state index contributed by atoms with van der Waals surface area (Å²) in [5.41, 5.74) is 4.95. The Kier molecular flexibility index (Phi) is 9.61. The SMILES string of the molecule is C=C1CCCC/C1=C/C=C1\CCC[C@](C)(C[C@H](C)/C=C/C(Cl)CCC)C1CC. The standard InChI is InChI=1S/C27H43Cl/c1-6-11-25(28)18-15-21(3)20-27(5)19-10-14-24(26(27)7-2)17-16-23-13-9-8-12-22(23)4/h15-18,21,25-26H,4,6-14,19-20H2,1-3,5H3/b18-15+,23-16-,24-17+/t21-,25?,26?,27-/m1/s1. The van der Waals surface area contributed by atoms with Gasteiger partial charge in [-0.3, -0.25) is 0 Å². The molecular weight excluding hydrogens is 360 g/mol. The first kappa shape index (κ1) is 23.5. The lowest BCUT2D eigenvalue weighted by Crippen LogP contribution is -2.33. The molecule has 4 atom stereocenters. The van der Waals surface area contributed by atoms with E-state index in [0.29, 0.717) is 17.3 Å². The van der Waals surface area contributed by atoms with Crippen molar-refractivity contribution in [1.82, 2.24) is 0 Å². The second kappa shape index (κ2) is 11.4. The van der Waals surface area contributed by atoms with E-state index in [1.54, 1.807) is 5.57 Å². The number of hydrogen-bond acceptors (Lipinski definition) is 0. The summed E-state index contributed by atoms with van der Waals surface area (Å²) in [7, 11) is 0. The highest BCUT2D eigenvalue weighted by atomic mass is 35.5. The van der Waals surface area contributed by atoms with E-state index in [-0.39, 0.29) is 5.38 Å². The number of hydrogen-bond donors (Lipinski definition) is 0. The number of rotatable bonds is 8. The largest absolute Gasteiger partial charge is 0.118 e. The predicted molar refractivity (Wildman–Crippen MR) is 127 cm³/mol.